The highest BCUT2D eigenvalue weighted by Crippen LogP contribution is 2.24. The Morgan fingerprint density at radius 1 is 1.37 bits per heavy atom. The lowest BCUT2D eigenvalue weighted by atomic mass is 10.1. The van der Waals surface area contributed by atoms with E-state index in [1.54, 1.807) is 6.26 Å². The van der Waals surface area contributed by atoms with Gasteiger partial charge in [0.15, 0.2) is 5.82 Å². The van der Waals surface area contributed by atoms with Crippen LogP contribution in [0.25, 0.3) is 11.4 Å². The normalized spacial score (nSPS) is 12.6. The van der Waals surface area contributed by atoms with Crippen LogP contribution in [0, 0.1) is 11.6 Å². The number of benzene rings is 1. The highest BCUT2D eigenvalue weighted by atomic mass is 32.2. The van der Waals surface area contributed by atoms with Gasteiger partial charge in [0.2, 0.25) is 0 Å². The van der Waals surface area contributed by atoms with Crippen LogP contribution in [-0.4, -0.2) is 36.4 Å². The van der Waals surface area contributed by atoms with Gasteiger partial charge in [-0.25, -0.2) is 13.5 Å². The number of aromatic nitrogens is 4. The molecule has 0 bridgehead atoms. The first-order chi connectivity index (χ1) is 8.99. The summed E-state index contributed by atoms with van der Waals surface area (Å²) in [6.07, 6.45) is 1.54. The number of aryl methyl sites for hydroxylation is 1. The predicted octanol–water partition coefficient (Wildman–Crippen LogP) is 0.579. The summed E-state index contributed by atoms with van der Waals surface area (Å²) < 4.78 is 39.1. The Hall–Kier alpha value is -1.90. The van der Waals surface area contributed by atoms with Gasteiger partial charge in [-0.1, -0.05) is 0 Å². The zero-order valence-electron chi connectivity index (χ0n) is 10.0. The first-order valence-corrected chi connectivity index (χ1v) is 7.03. The summed E-state index contributed by atoms with van der Waals surface area (Å²) in [5, 5.41) is 10.8. The molecule has 19 heavy (non-hydrogen) atoms. The SMILES string of the molecule is CS(=O)CCn1nnnc1-c1cc(N)c(F)cc1F. The Kier molecular flexibility index (Phi) is 3.84. The van der Waals surface area contributed by atoms with Crippen LogP contribution < -0.4 is 5.73 Å². The molecule has 0 radical (unpaired) electrons. The standard InChI is InChI=1S/C10H11F2N5OS/c1-19(18)3-2-17-10(14-15-16-17)6-4-9(13)8(12)5-7(6)11/h4-5H,2-3,13H2,1H3. The van der Waals surface area contributed by atoms with Crippen LogP contribution in [0.1, 0.15) is 0 Å². The van der Waals surface area contributed by atoms with Gasteiger partial charge in [0.25, 0.3) is 0 Å². The molecule has 2 aromatic rings. The van der Waals surface area contributed by atoms with Crippen molar-refractivity contribution < 1.29 is 13.0 Å². The van der Waals surface area contributed by atoms with Gasteiger partial charge in [-0.3, -0.25) is 4.21 Å². The minimum Gasteiger partial charge on any atom is -0.396 e. The molecular formula is C10H11F2N5OS. The van der Waals surface area contributed by atoms with Crippen molar-refractivity contribution in [3.8, 4) is 11.4 Å². The molecule has 0 aliphatic rings. The van der Waals surface area contributed by atoms with E-state index in [9.17, 15) is 13.0 Å². The molecule has 0 aliphatic heterocycles. The average molecular weight is 287 g/mol. The third-order valence-corrected chi connectivity index (χ3v) is 3.21. The van der Waals surface area contributed by atoms with E-state index in [1.807, 2.05) is 0 Å². The summed E-state index contributed by atoms with van der Waals surface area (Å²) in [7, 11) is -1.02. The number of tetrazole rings is 1. The highest BCUT2D eigenvalue weighted by Gasteiger charge is 2.16. The fourth-order valence-corrected chi connectivity index (χ4v) is 1.93. The van der Waals surface area contributed by atoms with E-state index in [0.29, 0.717) is 11.8 Å². The van der Waals surface area contributed by atoms with Crippen LogP contribution >= 0.6 is 0 Å². The van der Waals surface area contributed by atoms with Gasteiger partial charge in [0.1, 0.15) is 11.6 Å². The molecule has 0 amide bonds. The summed E-state index contributed by atoms with van der Waals surface area (Å²) in [6.45, 7) is 0.266. The number of hydrogen-bond donors (Lipinski definition) is 1. The molecule has 1 unspecified atom stereocenters. The van der Waals surface area contributed by atoms with Gasteiger partial charge in [0, 0.05) is 28.9 Å². The third kappa shape index (κ3) is 2.92. The lowest BCUT2D eigenvalue weighted by molar-refractivity contribution is 0.584. The second kappa shape index (κ2) is 5.39. The second-order valence-corrected chi connectivity index (χ2v) is 5.41. The van der Waals surface area contributed by atoms with Gasteiger partial charge < -0.3 is 5.73 Å². The zero-order chi connectivity index (χ0) is 14.0. The van der Waals surface area contributed by atoms with E-state index >= 15 is 0 Å². The quantitative estimate of drug-likeness (QED) is 0.831. The maximum Gasteiger partial charge on any atom is 0.185 e. The van der Waals surface area contributed by atoms with E-state index in [1.165, 1.54) is 4.68 Å². The van der Waals surface area contributed by atoms with Crippen LogP contribution in [0.4, 0.5) is 14.5 Å². The second-order valence-electron chi connectivity index (χ2n) is 3.86. The van der Waals surface area contributed by atoms with Crippen LogP contribution in [0.5, 0.6) is 0 Å². The first-order valence-electron chi connectivity index (χ1n) is 5.30. The van der Waals surface area contributed by atoms with Crippen molar-refractivity contribution in [2.75, 3.05) is 17.7 Å². The number of rotatable bonds is 4. The van der Waals surface area contributed by atoms with E-state index < -0.39 is 22.4 Å². The van der Waals surface area contributed by atoms with Gasteiger partial charge >= 0.3 is 0 Å². The van der Waals surface area contributed by atoms with Gasteiger partial charge in [-0.15, -0.1) is 5.10 Å². The molecule has 0 saturated carbocycles. The third-order valence-electron chi connectivity index (χ3n) is 2.45. The molecule has 1 aromatic heterocycles. The smallest absolute Gasteiger partial charge is 0.185 e. The van der Waals surface area contributed by atoms with Crippen molar-refractivity contribution in [1.29, 1.82) is 0 Å². The molecule has 9 heteroatoms. The predicted molar refractivity (Wildman–Crippen MR) is 66.5 cm³/mol. The summed E-state index contributed by atoms with van der Waals surface area (Å²) in [4.78, 5) is 0. The Bertz CT molecular complexity index is 630. The molecule has 2 N–H and O–H groups in total. The van der Waals surface area contributed by atoms with Crippen LogP contribution in [0.2, 0.25) is 0 Å². The number of anilines is 1. The van der Waals surface area contributed by atoms with E-state index in [-0.39, 0.29) is 23.6 Å². The maximum absolute atomic E-state index is 13.7. The van der Waals surface area contributed by atoms with Crippen LogP contribution in [0.3, 0.4) is 0 Å². The first kappa shape index (κ1) is 13.5. The minimum atomic E-state index is -1.02. The number of nitrogens with zero attached hydrogens (tertiary/aromatic N) is 4. The molecular weight excluding hydrogens is 276 g/mol. The molecule has 1 heterocycles. The molecule has 1 aromatic carbocycles. The van der Waals surface area contributed by atoms with Crippen LogP contribution in [-0.2, 0) is 17.3 Å². The lowest BCUT2D eigenvalue weighted by Crippen LogP contribution is -2.10. The molecule has 6 nitrogen and oxygen atoms in total. The molecule has 0 fully saturated rings. The van der Waals surface area contributed by atoms with Crippen molar-refractivity contribution in [1.82, 2.24) is 20.2 Å². The Morgan fingerprint density at radius 2 is 2.11 bits per heavy atom. The zero-order valence-corrected chi connectivity index (χ0v) is 10.8. The van der Waals surface area contributed by atoms with Gasteiger partial charge in [-0.2, -0.15) is 0 Å². The number of nitrogens with two attached hydrogens (primary N) is 1. The van der Waals surface area contributed by atoms with Crippen molar-refractivity contribution in [2.24, 2.45) is 0 Å². The van der Waals surface area contributed by atoms with Crippen LogP contribution in [0.15, 0.2) is 12.1 Å². The van der Waals surface area contributed by atoms with Crippen molar-refractivity contribution >= 4 is 16.5 Å². The minimum absolute atomic E-state index is 0.00536. The molecule has 102 valence electrons. The van der Waals surface area contributed by atoms with Gasteiger partial charge in [0.05, 0.1) is 17.8 Å². The molecule has 0 spiro atoms. The molecule has 1 atom stereocenters. The Labute approximate surface area is 110 Å². The maximum atomic E-state index is 13.7. The van der Waals surface area contributed by atoms with Crippen molar-refractivity contribution in [2.45, 2.75) is 6.54 Å². The Balaban J connectivity index is 2.40. The van der Waals surface area contributed by atoms with Gasteiger partial charge in [-0.05, 0) is 16.5 Å². The number of hydrogen-bond acceptors (Lipinski definition) is 5. The summed E-state index contributed by atoms with van der Waals surface area (Å²) in [6, 6.07) is 1.82. The molecule has 2 rings (SSSR count). The fraction of sp³-hybridized carbons (Fsp3) is 0.300. The van der Waals surface area contributed by atoms with E-state index in [4.69, 9.17) is 5.73 Å². The molecule has 0 aliphatic carbocycles. The fourth-order valence-electron chi connectivity index (χ4n) is 1.50. The van der Waals surface area contributed by atoms with Crippen molar-refractivity contribution in [3.63, 3.8) is 0 Å². The lowest BCUT2D eigenvalue weighted by Gasteiger charge is -2.06. The Morgan fingerprint density at radius 3 is 2.79 bits per heavy atom. The largest absolute Gasteiger partial charge is 0.396 e. The average Bonchev–Trinajstić information content (AvgIpc) is 2.79. The van der Waals surface area contributed by atoms with Crippen molar-refractivity contribution in [3.05, 3.63) is 23.8 Å². The summed E-state index contributed by atoms with van der Waals surface area (Å²) in [5.41, 5.74) is 5.22. The monoisotopic (exact) mass is 287 g/mol. The van der Waals surface area contributed by atoms with E-state index in [0.717, 1.165) is 6.07 Å². The summed E-state index contributed by atoms with van der Waals surface area (Å²) in [5.74, 6) is -1.19. The summed E-state index contributed by atoms with van der Waals surface area (Å²) >= 11 is 0. The topological polar surface area (TPSA) is 86.7 Å². The highest BCUT2D eigenvalue weighted by molar-refractivity contribution is 7.84. The van der Waals surface area contributed by atoms with E-state index in [2.05, 4.69) is 15.5 Å². The number of halogens is 2. The molecule has 0 saturated heterocycles. The number of nitrogen functional groups attached to an aromatic ring is 1.